The molecular weight excluding hydrogens is 238 g/mol. The zero-order chi connectivity index (χ0) is 13.5. The van der Waals surface area contributed by atoms with Gasteiger partial charge in [0.15, 0.2) is 0 Å². The molecular formula is C11H17N3O4. The molecule has 3 N–H and O–H groups in total. The molecule has 1 aromatic heterocycles. The number of carbonyl (C=O) groups is 2. The Balaban J connectivity index is 2.38. The maximum Gasteiger partial charge on any atom is 0.326 e. The molecule has 100 valence electrons. The average Bonchev–Trinajstić information content (AvgIpc) is 2.72. The van der Waals surface area contributed by atoms with Crippen LogP contribution in [0.1, 0.15) is 31.2 Å². The molecule has 18 heavy (non-hydrogen) atoms. The van der Waals surface area contributed by atoms with Gasteiger partial charge in [-0.2, -0.15) is 0 Å². The number of hydrogen-bond acceptors (Lipinski definition) is 4. The zero-order valence-electron chi connectivity index (χ0n) is 10.4. The number of aliphatic carboxylic acids is 1. The van der Waals surface area contributed by atoms with E-state index in [1.165, 1.54) is 0 Å². The summed E-state index contributed by atoms with van der Waals surface area (Å²) in [5, 5.41) is 17.5. The average molecular weight is 255 g/mol. The number of urea groups is 1. The highest BCUT2D eigenvalue weighted by molar-refractivity contribution is 5.82. The number of hydrogen-bond donors (Lipinski definition) is 3. The number of carboxylic acids is 1. The number of aryl methyl sites for hydroxylation is 1. The van der Waals surface area contributed by atoms with Crippen LogP contribution in [-0.4, -0.2) is 28.3 Å². The highest BCUT2D eigenvalue weighted by Crippen LogP contribution is 2.01. The molecule has 0 aliphatic rings. The van der Waals surface area contributed by atoms with E-state index in [0.717, 1.165) is 0 Å². The monoisotopic (exact) mass is 255 g/mol. The van der Waals surface area contributed by atoms with Crippen molar-refractivity contribution in [2.24, 2.45) is 0 Å². The molecule has 1 atom stereocenters. The van der Waals surface area contributed by atoms with Crippen LogP contribution in [0.4, 0.5) is 4.79 Å². The first-order valence-corrected chi connectivity index (χ1v) is 5.72. The van der Waals surface area contributed by atoms with Gasteiger partial charge in [-0.25, -0.2) is 9.59 Å². The smallest absolute Gasteiger partial charge is 0.326 e. The van der Waals surface area contributed by atoms with Crippen molar-refractivity contribution in [1.82, 2.24) is 15.8 Å². The molecule has 2 amide bonds. The fourth-order valence-corrected chi connectivity index (χ4v) is 1.43. The first-order valence-electron chi connectivity index (χ1n) is 5.72. The number of carbonyl (C=O) groups excluding carboxylic acids is 1. The van der Waals surface area contributed by atoms with Crippen LogP contribution in [0.3, 0.4) is 0 Å². The molecule has 0 spiro atoms. The number of nitrogens with one attached hydrogen (secondary N) is 2. The molecule has 0 aliphatic heterocycles. The Morgan fingerprint density at radius 3 is 2.78 bits per heavy atom. The fourth-order valence-electron chi connectivity index (χ4n) is 1.43. The first-order chi connectivity index (χ1) is 8.52. The van der Waals surface area contributed by atoms with Crippen LogP contribution in [-0.2, 0) is 11.3 Å². The van der Waals surface area contributed by atoms with Crippen molar-refractivity contribution in [3.8, 4) is 0 Å². The van der Waals surface area contributed by atoms with E-state index in [9.17, 15) is 9.59 Å². The van der Waals surface area contributed by atoms with E-state index in [-0.39, 0.29) is 6.54 Å². The van der Waals surface area contributed by atoms with Crippen molar-refractivity contribution in [2.75, 3.05) is 0 Å². The number of amides is 2. The van der Waals surface area contributed by atoms with Crippen molar-refractivity contribution in [3.05, 3.63) is 17.5 Å². The van der Waals surface area contributed by atoms with Crippen molar-refractivity contribution in [3.63, 3.8) is 0 Å². The van der Waals surface area contributed by atoms with E-state index in [0.29, 0.717) is 24.3 Å². The molecule has 0 saturated heterocycles. The molecule has 7 nitrogen and oxygen atoms in total. The van der Waals surface area contributed by atoms with Gasteiger partial charge in [0, 0.05) is 6.07 Å². The molecule has 0 bridgehead atoms. The van der Waals surface area contributed by atoms with Crippen LogP contribution in [0.15, 0.2) is 10.6 Å². The summed E-state index contributed by atoms with van der Waals surface area (Å²) in [6.07, 6.45) is 1.07. The van der Waals surface area contributed by atoms with Crippen LogP contribution >= 0.6 is 0 Å². The van der Waals surface area contributed by atoms with Gasteiger partial charge in [0.2, 0.25) is 0 Å². The lowest BCUT2D eigenvalue weighted by molar-refractivity contribution is -0.139. The molecule has 1 aromatic rings. The third kappa shape index (κ3) is 4.44. The Kier molecular flexibility index (Phi) is 5.16. The fraction of sp³-hybridized carbons (Fsp3) is 0.545. The van der Waals surface area contributed by atoms with Gasteiger partial charge in [-0.3, -0.25) is 0 Å². The molecule has 1 heterocycles. The summed E-state index contributed by atoms with van der Waals surface area (Å²) in [5.41, 5.74) is 0.588. The second-order valence-electron chi connectivity index (χ2n) is 3.94. The Bertz CT molecular complexity index is 416. The van der Waals surface area contributed by atoms with E-state index in [2.05, 4.69) is 15.8 Å². The van der Waals surface area contributed by atoms with Crippen LogP contribution in [0.2, 0.25) is 0 Å². The van der Waals surface area contributed by atoms with E-state index < -0.39 is 18.0 Å². The van der Waals surface area contributed by atoms with E-state index in [1.807, 2.05) is 6.92 Å². The maximum atomic E-state index is 11.5. The second-order valence-corrected chi connectivity index (χ2v) is 3.94. The normalized spacial score (nSPS) is 11.9. The van der Waals surface area contributed by atoms with Gasteiger partial charge >= 0.3 is 12.0 Å². The third-order valence-corrected chi connectivity index (χ3v) is 2.29. The van der Waals surface area contributed by atoms with E-state index >= 15 is 0 Å². The third-order valence-electron chi connectivity index (χ3n) is 2.29. The van der Waals surface area contributed by atoms with Crippen LogP contribution in [0.5, 0.6) is 0 Å². The van der Waals surface area contributed by atoms with Crippen molar-refractivity contribution >= 4 is 12.0 Å². The van der Waals surface area contributed by atoms with Crippen molar-refractivity contribution in [1.29, 1.82) is 0 Å². The van der Waals surface area contributed by atoms with Gasteiger partial charge in [-0.05, 0) is 13.3 Å². The lowest BCUT2D eigenvalue weighted by Gasteiger charge is -2.13. The molecule has 7 heteroatoms. The SMILES string of the molecule is CCC[C@@H](NC(=O)NCc1cc(C)on1)C(=O)O. The molecule has 0 aromatic carbocycles. The number of carboxylic acid groups (broad SMARTS) is 1. The summed E-state index contributed by atoms with van der Waals surface area (Å²) in [7, 11) is 0. The first kappa shape index (κ1) is 14.0. The Morgan fingerprint density at radius 1 is 1.56 bits per heavy atom. The van der Waals surface area contributed by atoms with Gasteiger partial charge in [-0.1, -0.05) is 18.5 Å². The number of aromatic nitrogens is 1. The van der Waals surface area contributed by atoms with Gasteiger partial charge in [0.1, 0.15) is 17.5 Å². The lowest BCUT2D eigenvalue weighted by Crippen LogP contribution is -2.45. The van der Waals surface area contributed by atoms with Crippen LogP contribution < -0.4 is 10.6 Å². The lowest BCUT2D eigenvalue weighted by atomic mass is 10.2. The summed E-state index contributed by atoms with van der Waals surface area (Å²) < 4.78 is 4.84. The summed E-state index contributed by atoms with van der Waals surface area (Å²) in [4.78, 5) is 22.3. The van der Waals surface area contributed by atoms with Crippen LogP contribution in [0.25, 0.3) is 0 Å². The predicted octanol–water partition coefficient (Wildman–Crippen LogP) is 1.04. The maximum absolute atomic E-state index is 11.5. The molecule has 0 aliphatic carbocycles. The topological polar surface area (TPSA) is 104 Å². The number of nitrogens with zero attached hydrogens (tertiary/aromatic N) is 1. The molecule has 0 fully saturated rings. The summed E-state index contributed by atoms with van der Waals surface area (Å²) >= 11 is 0. The standard InChI is InChI=1S/C11H17N3O4/c1-3-4-9(10(15)16)13-11(17)12-6-8-5-7(2)18-14-8/h5,9H,3-4,6H2,1-2H3,(H,15,16)(H2,12,13,17)/t9-/m1/s1. The quantitative estimate of drug-likeness (QED) is 0.704. The highest BCUT2D eigenvalue weighted by atomic mass is 16.5. The number of rotatable bonds is 6. The van der Waals surface area contributed by atoms with E-state index in [4.69, 9.17) is 9.63 Å². The minimum absolute atomic E-state index is 0.196. The van der Waals surface area contributed by atoms with Crippen molar-refractivity contribution in [2.45, 2.75) is 39.3 Å². The van der Waals surface area contributed by atoms with Gasteiger partial charge < -0.3 is 20.3 Å². The highest BCUT2D eigenvalue weighted by Gasteiger charge is 2.18. The summed E-state index contributed by atoms with van der Waals surface area (Å²) in [5.74, 6) is -0.383. The largest absolute Gasteiger partial charge is 0.480 e. The molecule has 0 radical (unpaired) electrons. The van der Waals surface area contributed by atoms with Crippen molar-refractivity contribution < 1.29 is 19.2 Å². The summed E-state index contributed by atoms with van der Waals surface area (Å²) in [6.45, 7) is 3.80. The Hall–Kier alpha value is -2.05. The molecule has 0 unspecified atom stereocenters. The second kappa shape index (κ2) is 6.63. The van der Waals surface area contributed by atoms with E-state index in [1.54, 1.807) is 13.0 Å². The zero-order valence-corrected chi connectivity index (χ0v) is 10.4. The predicted molar refractivity (Wildman–Crippen MR) is 62.9 cm³/mol. The minimum atomic E-state index is -1.04. The molecule has 1 rings (SSSR count). The van der Waals surface area contributed by atoms with Gasteiger partial charge in [-0.15, -0.1) is 0 Å². The molecule has 0 saturated carbocycles. The summed E-state index contributed by atoms with van der Waals surface area (Å²) in [6, 6.07) is 0.298. The Labute approximate surface area is 105 Å². The van der Waals surface area contributed by atoms with Gasteiger partial charge in [0.05, 0.1) is 6.54 Å². The Morgan fingerprint density at radius 2 is 2.28 bits per heavy atom. The van der Waals surface area contributed by atoms with Crippen LogP contribution in [0, 0.1) is 6.92 Å². The minimum Gasteiger partial charge on any atom is -0.480 e. The van der Waals surface area contributed by atoms with Gasteiger partial charge in [0.25, 0.3) is 0 Å².